The third-order valence-corrected chi connectivity index (χ3v) is 5.48. The number of halogens is 1. The van der Waals surface area contributed by atoms with E-state index in [-0.39, 0.29) is 0 Å². The summed E-state index contributed by atoms with van der Waals surface area (Å²) in [4.78, 5) is 0. The zero-order valence-electron chi connectivity index (χ0n) is 8.90. The fraction of sp³-hybridized carbons (Fsp3) is 0.400. The Hall–Kier alpha value is -0.203. The van der Waals surface area contributed by atoms with Crippen LogP contribution in [0.5, 0.6) is 0 Å². The second-order valence-corrected chi connectivity index (χ2v) is 6.29. The summed E-state index contributed by atoms with van der Waals surface area (Å²) in [5.74, 6) is 0. The summed E-state index contributed by atoms with van der Waals surface area (Å²) in [6.45, 7) is 0. The first-order chi connectivity index (χ1) is 7.26. The quantitative estimate of drug-likeness (QED) is 0.595. The van der Waals surface area contributed by atoms with E-state index in [0.717, 1.165) is 5.56 Å². The van der Waals surface area contributed by atoms with E-state index >= 15 is 0 Å². The molecular weight excluding hydrogens is 276 g/mol. The Labute approximate surface area is 99.9 Å². The van der Waals surface area contributed by atoms with Crippen molar-refractivity contribution in [3.8, 4) is 0 Å². The smallest absolute Gasteiger partial charge is 0.377 e. The molecule has 0 aliphatic rings. The Morgan fingerprint density at radius 3 is 2.20 bits per heavy atom. The maximum Gasteiger partial charge on any atom is 0.505 e. The summed E-state index contributed by atoms with van der Waals surface area (Å²) in [5, 5.41) is 0. The van der Waals surface area contributed by atoms with Crippen LogP contribution in [0, 0.1) is 0 Å². The van der Waals surface area contributed by atoms with Gasteiger partial charge in [-0.25, -0.2) is 0 Å². The zero-order valence-corrected chi connectivity index (χ0v) is 11.5. The largest absolute Gasteiger partial charge is 0.505 e. The van der Waals surface area contributed by atoms with E-state index in [4.69, 9.17) is 13.3 Å². The molecule has 1 aromatic rings. The van der Waals surface area contributed by atoms with E-state index in [9.17, 15) is 0 Å². The second-order valence-electron chi connectivity index (χ2n) is 3.01. The van der Waals surface area contributed by atoms with Crippen molar-refractivity contribution in [3.63, 3.8) is 0 Å². The molecule has 0 radical (unpaired) electrons. The highest BCUT2D eigenvalue weighted by Crippen LogP contribution is 2.15. The van der Waals surface area contributed by atoms with E-state index in [1.165, 1.54) is 0 Å². The van der Waals surface area contributed by atoms with Crippen molar-refractivity contribution in [1.82, 2.24) is 0 Å². The fourth-order valence-corrected chi connectivity index (χ4v) is 4.07. The molecule has 0 unspecified atom stereocenters. The zero-order chi connectivity index (χ0) is 11.1. The first-order valence-electron chi connectivity index (χ1n) is 4.60. The molecule has 0 saturated heterocycles. The monoisotopic (exact) mass is 290 g/mol. The lowest BCUT2D eigenvalue weighted by Crippen LogP contribution is -2.46. The van der Waals surface area contributed by atoms with E-state index in [1.54, 1.807) is 14.2 Å². The van der Waals surface area contributed by atoms with Crippen LogP contribution in [0.4, 0.5) is 0 Å². The van der Waals surface area contributed by atoms with Gasteiger partial charge in [0.25, 0.3) is 0 Å². The molecule has 0 aliphatic carbocycles. The minimum Gasteiger partial charge on any atom is -0.377 e. The van der Waals surface area contributed by atoms with Crippen LogP contribution in [0.25, 0.3) is 0 Å². The molecule has 5 heteroatoms. The van der Waals surface area contributed by atoms with E-state index < -0.39 is 8.80 Å². The van der Waals surface area contributed by atoms with Crippen LogP contribution in [0.3, 0.4) is 0 Å². The minimum atomic E-state index is -2.53. The fourth-order valence-electron chi connectivity index (χ4n) is 1.33. The van der Waals surface area contributed by atoms with Crippen LogP contribution in [0.1, 0.15) is 5.56 Å². The molecule has 0 N–H and O–H groups in total. The maximum absolute atomic E-state index is 5.54. The number of hydrogen-bond donors (Lipinski definition) is 0. The average Bonchev–Trinajstić information content (AvgIpc) is 2.30. The van der Waals surface area contributed by atoms with E-state index in [1.807, 2.05) is 30.3 Å². The van der Waals surface area contributed by atoms with Gasteiger partial charge in [0.15, 0.2) is 0 Å². The van der Waals surface area contributed by atoms with Crippen molar-refractivity contribution in [3.05, 3.63) is 35.9 Å². The molecule has 0 spiro atoms. The summed E-state index contributed by atoms with van der Waals surface area (Å²) in [6, 6.07) is 10.7. The molecule has 0 amide bonds. The summed E-state index contributed by atoms with van der Waals surface area (Å²) in [5.41, 5.74) is 1.59. The van der Waals surface area contributed by atoms with Gasteiger partial charge in [-0.3, -0.25) is 0 Å². The van der Waals surface area contributed by atoms with Crippen LogP contribution in [0.15, 0.2) is 30.3 Å². The number of alkyl halides is 1. The number of hydrogen-bond acceptors (Lipinski definition) is 3. The van der Waals surface area contributed by atoms with Crippen molar-refractivity contribution in [1.29, 1.82) is 0 Å². The van der Waals surface area contributed by atoms with Gasteiger partial charge in [0, 0.05) is 20.3 Å². The molecule has 0 heterocycles. The van der Waals surface area contributed by atoms with Crippen molar-refractivity contribution in [2.75, 3.05) is 19.7 Å². The molecule has 0 saturated carbocycles. The Morgan fingerprint density at radius 1 is 1.13 bits per heavy atom. The summed E-state index contributed by atoms with van der Waals surface area (Å²) in [7, 11) is 0.721. The van der Waals surface area contributed by atoms with Gasteiger partial charge in [0.2, 0.25) is 0 Å². The molecule has 0 aliphatic heterocycles. The van der Waals surface area contributed by atoms with Crippen molar-refractivity contribution < 1.29 is 13.3 Å². The Balaban J connectivity index is 2.74. The number of rotatable bonds is 6. The predicted molar refractivity (Wildman–Crippen MR) is 64.8 cm³/mol. The predicted octanol–water partition coefficient (Wildman–Crippen LogP) is 2.37. The second kappa shape index (κ2) is 6.39. The first kappa shape index (κ1) is 12.9. The van der Waals surface area contributed by atoms with Crippen LogP contribution in [0.2, 0.25) is 0 Å². The average molecular weight is 291 g/mol. The van der Waals surface area contributed by atoms with Crippen molar-refractivity contribution in [2.45, 2.75) is 6.04 Å². The molecule has 15 heavy (non-hydrogen) atoms. The van der Waals surface area contributed by atoms with Crippen LogP contribution >= 0.6 is 15.9 Å². The molecule has 84 valence electrons. The van der Waals surface area contributed by atoms with Gasteiger partial charge < -0.3 is 13.3 Å². The third-order valence-electron chi connectivity index (χ3n) is 2.16. The molecule has 1 rings (SSSR count). The van der Waals surface area contributed by atoms with Gasteiger partial charge in [-0.1, -0.05) is 46.3 Å². The lowest BCUT2D eigenvalue weighted by molar-refractivity contribution is 0.118. The van der Waals surface area contributed by atoms with Gasteiger partial charge in [0.05, 0.1) is 5.52 Å². The van der Waals surface area contributed by atoms with E-state index in [2.05, 4.69) is 15.9 Å². The maximum atomic E-state index is 5.54. The van der Waals surface area contributed by atoms with Crippen LogP contribution in [-0.4, -0.2) is 28.5 Å². The van der Waals surface area contributed by atoms with Crippen molar-refractivity contribution in [2.24, 2.45) is 0 Å². The third kappa shape index (κ3) is 3.69. The molecular formula is C10H15BrO3Si. The Kier molecular flexibility index (Phi) is 5.48. The highest BCUT2D eigenvalue weighted by Gasteiger charge is 2.38. The summed E-state index contributed by atoms with van der Waals surface area (Å²) < 4.78 is 16.3. The van der Waals surface area contributed by atoms with Crippen LogP contribution < -0.4 is 0 Å². The first-order valence-corrected chi connectivity index (χ1v) is 7.66. The van der Waals surface area contributed by atoms with Gasteiger partial charge in [-0.05, 0) is 5.56 Å². The Bertz CT molecular complexity index is 277. The topological polar surface area (TPSA) is 27.7 Å². The molecule has 0 bridgehead atoms. The molecule has 3 nitrogen and oxygen atoms in total. The normalized spacial score (nSPS) is 11.7. The molecule has 0 atom stereocenters. The summed E-state index contributed by atoms with van der Waals surface area (Å²) in [6.07, 6.45) is 0. The summed E-state index contributed by atoms with van der Waals surface area (Å²) >= 11 is 3.23. The van der Waals surface area contributed by atoms with Gasteiger partial charge in [-0.2, -0.15) is 0 Å². The standard InChI is InChI=1S/C10H15BrO3Si/c1-12-15(13-2,14-9-11)8-10-6-4-3-5-7-10/h3-7H,8-9H2,1-2H3. The van der Waals surface area contributed by atoms with Gasteiger partial charge in [-0.15, -0.1) is 0 Å². The molecule has 1 aromatic carbocycles. The molecule has 0 aromatic heterocycles. The van der Waals surface area contributed by atoms with Gasteiger partial charge >= 0.3 is 8.80 Å². The lowest BCUT2D eigenvalue weighted by atomic mass is 10.2. The SMILES string of the molecule is CO[Si](Cc1ccccc1)(OC)OCBr. The highest BCUT2D eigenvalue weighted by atomic mass is 79.9. The van der Waals surface area contributed by atoms with Crippen molar-refractivity contribution >= 4 is 24.7 Å². The number of benzene rings is 1. The molecule has 0 fully saturated rings. The van der Waals surface area contributed by atoms with Gasteiger partial charge in [0.1, 0.15) is 0 Å². The van der Waals surface area contributed by atoms with Crippen LogP contribution in [-0.2, 0) is 19.3 Å². The highest BCUT2D eigenvalue weighted by molar-refractivity contribution is 9.09. The van der Waals surface area contributed by atoms with E-state index in [0.29, 0.717) is 11.6 Å². The minimum absolute atomic E-state index is 0.424. The lowest BCUT2D eigenvalue weighted by Gasteiger charge is -2.25. The Morgan fingerprint density at radius 2 is 1.73 bits per heavy atom.